The highest BCUT2D eigenvalue weighted by Crippen LogP contribution is 2.25. The molecule has 35 heavy (non-hydrogen) atoms. The minimum atomic E-state index is -0.269. The maximum atomic E-state index is 13.1. The molecule has 0 unspecified atom stereocenters. The van der Waals surface area contributed by atoms with Gasteiger partial charge in [0.2, 0.25) is 0 Å². The molecule has 2 atom stereocenters. The molecule has 0 aliphatic heterocycles. The molecule has 4 rings (SSSR count). The molecule has 1 saturated carbocycles. The second kappa shape index (κ2) is 11.4. The van der Waals surface area contributed by atoms with Crippen molar-refractivity contribution in [2.45, 2.75) is 38.0 Å². The van der Waals surface area contributed by atoms with Gasteiger partial charge in [-0.05, 0) is 42.0 Å². The van der Waals surface area contributed by atoms with Gasteiger partial charge >= 0.3 is 0 Å². The number of hydrogen-bond acceptors (Lipinski definition) is 6. The van der Waals surface area contributed by atoms with Gasteiger partial charge in [-0.1, -0.05) is 54.6 Å². The number of aromatic nitrogens is 1. The van der Waals surface area contributed by atoms with Crippen LogP contribution in [0.5, 0.6) is 0 Å². The van der Waals surface area contributed by atoms with Gasteiger partial charge in [0.15, 0.2) is 0 Å². The number of allylic oxidation sites excluding steroid dienone is 1. The highest BCUT2D eigenvalue weighted by molar-refractivity contribution is 6.10. The van der Waals surface area contributed by atoms with Gasteiger partial charge in [0.05, 0.1) is 24.3 Å². The highest BCUT2D eigenvalue weighted by Gasteiger charge is 2.30. The summed E-state index contributed by atoms with van der Waals surface area (Å²) in [6.07, 6.45) is 7.30. The number of benzene rings is 2. The molecule has 7 nitrogen and oxygen atoms in total. The molecule has 1 fully saturated rings. The number of nitrogens with two attached hydrogens (primary N) is 2. The smallest absolute Gasteiger partial charge is 0.255 e. The number of aliphatic imine (C=N–C) groups is 1. The van der Waals surface area contributed by atoms with Gasteiger partial charge in [0.1, 0.15) is 5.82 Å². The summed E-state index contributed by atoms with van der Waals surface area (Å²) in [4.78, 5) is 21.2. The first-order valence-corrected chi connectivity index (χ1v) is 11.8. The Morgan fingerprint density at radius 2 is 1.89 bits per heavy atom. The van der Waals surface area contributed by atoms with Crippen LogP contribution in [0.1, 0.15) is 40.7 Å². The fraction of sp³-hybridized carbons (Fsp3) is 0.250. The second-order valence-corrected chi connectivity index (χ2v) is 8.59. The van der Waals surface area contributed by atoms with Crippen LogP contribution in [0.15, 0.2) is 78.1 Å². The van der Waals surface area contributed by atoms with Gasteiger partial charge in [-0.3, -0.25) is 9.79 Å². The predicted molar refractivity (Wildman–Crippen MR) is 141 cm³/mol. The fourth-order valence-corrected chi connectivity index (χ4v) is 4.33. The normalized spacial score (nSPS) is 18.1. The Morgan fingerprint density at radius 3 is 2.60 bits per heavy atom. The summed E-state index contributed by atoms with van der Waals surface area (Å²) in [5.74, 6) is -0.0978. The molecule has 0 spiro atoms. The molecule has 0 radical (unpaired) electrons. The Kier molecular flexibility index (Phi) is 7.90. The molecule has 2 aromatic carbocycles. The third-order valence-electron chi connectivity index (χ3n) is 6.24. The van der Waals surface area contributed by atoms with Crippen molar-refractivity contribution in [3.63, 3.8) is 0 Å². The number of rotatable bonds is 8. The van der Waals surface area contributed by atoms with Crippen molar-refractivity contribution in [2.24, 2.45) is 10.7 Å². The zero-order valence-corrected chi connectivity index (χ0v) is 19.9. The quantitative estimate of drug-likeness (QED) is 0.428. The summed E-state index contributed by atoms with van der Waals surface area (Å²) >= 11 is 0. The Balaban J connectivity index is 1.38. The minimum absolute atomic E-state index is 0.0585. The van der Waals surface area contributed by atoms with Crippen molar-refractivity contribution < 1.29 is 9.53 Å². The molecular weight excluding hydrogens is 438 g/mol. The van der Waals surface area contributed by atoms with Gasteiger partial charge in [-0.2, -0.15) is 0 Å². The molecule has 3 aromatic rings. The van der Waals surface area contributed by atoms with Crippen molar-refractivity contribution in [3.05, 3.63) is 89.8 Å². The minimum Gasteiger partial charge on any atom is -0.404 e. The molecule has 0 bridgehead atoms. The lowest BCUT2D eigenvalue weighted by Crippen LogP contribution is -2.41. The summed E-state index contributed by atoms with van der Waals surface area (Å²) in [6, 6.07) is 20.3. The number of pyridine rings is 1. The summed E-state index contributed by atoms with van der Waals surface area (Å²) in [5.41, 5.74) is 16.8. The summed E-state index contributed by atoms with van der Waals surface area (Å²) in [7, 11) is 1.65. The van der Waals surface area contributed by atoms with Crippen molar-refractivity contribution in [1.82, 2.24) is 10.3 Å². The molecule has 1 aliphatic carbocycles. The fourth-order valence-electron chi connectivity index (χ4n) is 4.33. The third-order valence-corrected chi connectivity index (χ3v) is 6.24. The first-order chi connectivity index (χ1) is 17.1. The third kappa shape index (κ3) is 5.94. The molecule has 180 valence electrons. The van der Waals surface area contributed by atoms with Crippen LogP contribution >= 0.6 is 0 Å². The van der Waals surface area contributed by atoms with Gasteiger partial charge in [-0.25, -0.2) is 4.98 Å². The summed E-state index contributed by atoms with van der Waals surface area (Å²) < 4.78 is 6.22. The monoisotopic (exact) mass is 469 g/mol. The van der Waals surface area contributed by atoms with Crippen LogP contribution in [-0.4, -0.2) is 36.3 Å². The van der Waals surface area contributed by atoms with Crippen molar-refractivity contribution in [1.29, 1.82) is 0 Å². The van der Waals surface area contributed by atoms with Crippen LogP contribution in [0.3, 0.4) is 0 Å². The number of nitrogen functional groups attached to an aromatic ring is 1. The number of anilines is 1. The van der Waals surface area contributed by atoms with Crippen molar-refractivity contribution in [3.8, 4) is 11.1 Å². The first kappa shape index (κ1) is 24.2. The molecule has 0 saturated heterocycles. The van der Waals surface area contributed by atoms with Crippen LogP contribution in [0.2, 0.25) is 0 Å². The van der Waals surface area contributed by atoms with Crippen LogP contribution in [0.4, 0.5) is 5.82 Å². The van der Waals surface area contributed by atoms with Crippen molar-refractivity contribution >= 4 is 23.5 Å². The molecule has 1 aliphatic rings. The maximum absolute atomic E-state index is 13.1. The maximum Gasteiger partial charge on any atom is 0.255 e. The van der Waals surface area contributed by atoms with Gasteiger partial charge in [0.25, 0.3) is 5.91 Å². The number of nitrogens with one attached hydrogen (secondary N) is 1. The molecule has 1 heterocycles. The van der Waals surface area contributed by atoms with E-state index in [2.05, 4.69) is 51.7 Å². The van der Waals surface area contributed by atoms with E-state index in [1.54, 1.807) is 25.5 Å². The Labute approximate surface area is 205 Å². The second-order valence-electron chi connectivity index (χ2n) is 8.59. The Bertz CT molecular complexity index is 1210. The van der Waals surface area contributed by atoms with E-state index in [0.717, 1.165) is 24.8 Å². The van der Waals surface area contributed by atoms with E-state index in [1.165, 1.54) is 17.3 Å². The number of amides is 1. The van der Waals surface area contributed by atoms with Gasteiger partial charge in [0, 0.05) is 36.8 Å². The average molecular weight is 470 g/mol. The number of carbonyl (C=O) groups is 1. The summed E-state index contributed by atoms with van der Waals surface area (Å²) in [5, 5.41) is 3.10. The van der Waals surface area contributed by atoms with Crippen LogP contribution in [0.25, 0.3) is 16.7 Å². The van der Waals surface area contributed by atoms with E-state index in [1.807, 2.05) is 18.2 Å². The van der Waals surface area contributed by atoms with E-state index >= 15 is 0 Å². The zero-order chi connectivity index (χ0) is 24.6. The van der Waals surface area contributed by atoms with E-state index in [4.69, 9.17) is 16.2 Å². The Hall–Kier alpha value is -3.97. The molecule has 1 amide bonds. The van der Waals surface area contributed by atoms with Crippen molar-refractivity contribution in [2.75, 3.05) is 12.8 Å². The lowest BCUT2D eigenvalue weighted by Gasteiger charge is -2.22. The van der Waals surface area contributed by atoms with E-state index in [9.17, 15) is 4.79 Å². The molecular formula is C28H31N5O2. The predicted octanol–water partition coefficient (Wildman–Crippen LogP) is 4.20. The summed E-state index contributed by atoms with van der Waals surface area (Å²) in [6.45, 7) is 0.492. The first-order valence-electron chi connectivity index (χ1n) is 11.8. The standard InChI is InChI=1S/C28H31N5O2/c1-31-16-23(15-29)22-14-24(27(30)32-17-22)28(34)33-25-8-5-9-26(25)35-18-19-10-12-21(13-11-19)20-6-3-2-4-7-20/h2-4,6-7,10-17,25-26H,5,8-9,18,29H2,1H3,(H2,30,32)(H,33,34)/t25-,26-/m0/s1. The van der Waals surface area contributed by atoms with Gasteiger partial charge < -0.3 is 21.5 Å². The number of nitrogens with zero attached hydrogens (tertiary/aromatic N) is 2. The lowest BCUT2D eigenvalue weighted by atomic mass is 10.0. The molecule has 7 heteroatoms. The lowest BCUT2D eigenvalue weighted by molar-refractivity contribution is 0.0272. The zero-order valence-electron chi connectivity index (χ0n) is 19.9. The molecule has 1 aromatic heterocycles. The van der Waals surface area contributed by atoms with Crippen LogP contribution in [0, 0.1) is 0 Å². The average Bonchev–Trinajstić information content (AvgIpc) is 3.34. The largest absolute Gasteiger partial charge is 0.404 e. The van der Waals surface area contributed by atoms with Gasteiger partial charge in [-0.15, -0.1) is 0 Å². The van der Waals surface area contributed by atoms with E-state index in [-0.39, 0.29) is 23.9 Å². The van der Waals surface area contributed by atoms with Crippen LogP contribution < -0.4 is 16.8 Å². The number of carbonyl (C=O) groups excluding carboxylic acids is 1. The highest BCUT2D eigenvalue weighted by atomic mass is 16.5. The topological polar surface area (TPSA) is 116 Å². The SMILES string of the molecule is CN=CC(=CN)c1cnc(N)c(C(=O)N[C@H]2CCC[C@@H]2OCc2ccc(-c3ccccc3)cc2)c1. The van der Waals surface area contributed by atoms with E-state index in [0.29, 0.717) is 23.3 Å². The Morgan fingerprint density at radius 1 is 1.14 bits per heavy atom. The number of ether oxygens (including phenoxy) is 1. The van der Waals surface area contributed by atoms with Crippen LogP contribution in [-0.2, 0) is 11.3 Å². The number of hydrogen-bond donors (Lipinski definition) is 3. The van der Waals surface area contributed by atoms with E-state index < -0.39 is 0 Å². The molecule has 5 N–H and O–H groups in total.